The fraction of sp³-hybridized carbons (Fsp3) is 0.312. The number of benzene rings is 1. The van der Waals surface area contributed by atoms with Gasteiger partial charge in [0.25, 0.3) is 0 Å². The highest BCUT2D eigenvalue weighted by molar-refractivity contribution is 5.37. The first-order valence-electron chi connectivity index (χ1n) is 6.59. The molecule has 1 heterocycles. The number of ether oxygens (including phenoxy) is 1. The van der Waals surface area contributed by atoms with Crippen molar-refractivity contribution in [2.45, 2.75) is 25.8 Å². The predicted molar refractivity (Wildman–Crippen MR) is 77.3 cm³/mol. The van der Waals surface area contributed by atoms with Gasteiger partial charge in [-0.2, -0.15) is 0 Å². The van der Waals surface area contributed by atoms with Gasteiger partial charge in [0.15, 0.2) is 0 Å². The highest BCUT2D eigenvalue weighted by atomic mass is 16.5. The van der Waals surface area contributed by atoms with Crippen molar-refractivity contribution in [2.24, 2.45) is 5.73 Å². The van der Waals surface area contributed by atoms with Crippen LogP contribution in [0.4, 0.5) is 0 Å². The summed E-state index contributed by atoms with van der Waals surface area (Å²) in [5.74, 6) is 0.590. The Balaban J connectivity index is 2.25. The van der Waals surface area contributed by atoms with Crippen molar-refractivity contribution in [2.75, 3.05) is 7.11 Å². The van der Waals surface area contributed by atoms with Gasteiger partial charge < -0.3 is 10.5 Å². The predicted octanol–water partition coefficient (Wildman–Crippen LogP) is 3.09. The molecule has 1 aromatic carbocycles. The SMILES string of the molecule is CCCc1ccc(C(N)c2cccnc2OC)cc1. The molecular formula is C16H20N2O. The number of methoxy groups -OCH3 is 1. The zero-order valence-corrected chi connectivity index (χ0v) is 11.5. The van der Waals surface area contributed by atoms with Crippen LogP contribution in [-0.4, -0.2) is 12.1 Å². The van der Waals surface area contributed by atoms with Gasteiger partial charge in [-0.1, -0.05) is 43.7 Å². The van der Waals surface area contributed by atoms with Crippen LogP contribution in [0.2, 0.25) is 0 Å². The molecule has 100 valence electrons. The van der Waals surface area contributed by atoms with Gasteiger partial charge in [-0.15, -0.1) is 0 Å². The average molecular weight is 256 g/mol. The molecule has 1 unspecified atom stereocenters. The van der Waals surface area contributed by atoms with Gasteiger partial charge in [-0.3, -0.25) is 0 Å². The standard InChI is InChI=1S/C16H20N2O/c1-3-5-12-7-9-13(10-8-12)15(17)14-6-4-11-18-16(14)19-2/h4,6-11,15H,3,5,17H2,1-2H3. The van der Waals surface area contributed by atoms with Gasteiger partial charge in [-0.25, -0.2) is 4.98 Å². The second-order valence-corrected chi connectivity index (χ2v) is 4.57. The monoisotopic (exact) mass is 256 g/mol. The van der Waals surface area contributed by atoms with E-state index in [2.05, 4.69) is 36.2 Å². The van der Waals surface area contributed by atoms with Crippen molar-refractivity contribution in [3.8, 4) is 5.88 Å². The van der Waals surface area contributed by atoms with E-state index in [1.807, 2.05) is 12.1 Å². The van der Waals surface area contributed by atoms with E-state index in [-0.39, 0.29) is 6.04 Å². The molecule has 0 amide bonds. The van der Waals surface area contributed by atoms with Gasteiger partial charge in [-0.05, 0) is 23.6 Å². The molecule has 0 bridgehead atoms. The molecule has 2 aromatic rings. The fourth-order valence-corrected chi connectivity index (χ4v) is 2.17. The Morgan fingerprint density at radius 3 is 2.58 bits per heavy atom. The van der Waals surface area contributed by atoms with Gasteiger partial charge in [0.05, 0.1) is 13.2 Å². The van der Waals surface area contributed by atoms with Crippen LogP contribution in [0.15, 0.2) is 42.6 Å². The summed E-state index contributed by atoms with van der Waals surface area (Å²) in [4.78, 5) is 4.19. The lowest BCUT2D eigenvalue weighted by molar-refractivity contribution is 0.390. The normalized spacial score (nSPS) is 12.2. The topological polar surface area (TPSA) is 48.1 Å². The second-order valence-electron chi connectivity index (χ2n) is 4.57. The second kappa shape index (κ2) is 6.34. The lowest BCUT2D eigenvalue weighted by atomic mass is 9.98. The van der Waals surface area contributed by atoms with Crippen LogP contribution in [0.1, 0.15) is 36.1 Å². The number of hydrogen-bond acceptors (Lipinski definition) is 3. The summed E-state index contributed by atoms with van der Waals surface area (Å²) in [6.45, 7) is 2.18. The van der Waals surface area contributed by atoms with Crippen molar-refractivity contribution in [1.82, 2.24) is 4.98 Å². The minimum Gasteiger partial charge on any atom is -0.481 e. The molecule has 0 saturated carbocycles. The first-order chi connectivity index (χ1) is 9.26. The molecule has 0 saturated heterocycles. The van der Waals surface area contributed by atoms with E-state index in [0.29, 0.717) is 5.88 Å². The third kappa shape index (κ3) is 3.12. The first kappa shape index (κ1) is 13.6. The summed E-state index contributed by atoms with van der Waals surface area (Å²) in [6, 6.07) is 12.1. The molecular weight excluding hydrogens is 236 g/mol. The van der Waals surface area contributed by atoms with E-state index in [1.54, 1.807) is 13.3 Å². The Kier molecular flexibility index (Phi) is 4.53. The molecule has 0 aliphatic rings. The zero-order chi connectivity index (χ0) is 13.7. The van der Waals surface area contributed by atoms with E-state index < -0.39 is 0 Å². The quantitative estimate of drug-likeness (QED) is 0.894. The molecule has 2 N–H and O–H groups in total. The first-order valence-corrected chi connectivity index (χ1v) is 6.59. The van der Waals surface area contributed by atoms with Crippen LogP contribution < -0.4 is 10.5 Å². The molecule has 0 fully saturated rings. The van der Waals surface area contributed by atoms with Crippen molar-refractivity contribution in [3.05, 3.63) is 59.3 Å². The molecule has 3 heteroatoms. The van der Waals surface area contributed by atoms with Gasteiger partial charge in [0.2, 0.25) is 5.88 Å². The largest absolute Gasteiger partial charge is 0.481 e. The molecule has 3 nitrogen and oxygen atoms in total. The van der Waals surface area contributed by atoms with E-state index >= 15 is 0 Å². The van der Waals surface area contributed by atoms with Crippen molar-refractivity contribution in [3.63, 3.8) is 0 Å². The average Bonchev–Trinajstić information content (AvgIpc) is 2.47. The van der Waals surface area contributed by atoms with Crippen LogP contribution in [0.25, 0.3) is 0 Å². The minimum atomic E-state index is -0.209. The molecule has 0 radical (unpaired) electrons. The lowest BCUT2D eigenvalue weighted by Gasteiger charge is -2.15. The van der Waals surface area contributed by atoms with E-state index in [0.717, 1.165) is 24.0 Å². The summed E-state index contributed by atoms with van der Waals surface area (Å²) in [6.07, 6.45) is 3.97. The number of aryl methyl sites for hydroxylation is 1. The smallest absolute Gasteiger partial charge is 0.218 e. The third-order valence-electron chi connectivity index (χ3n) is 3.21. The van der Waals surface area contributed by atoms with Crippen molar-refractivity contribution < 1.29 is 4.74 Å². The summed E-state index contributed by atoms with van der Waals surface area (Å²) in [5, 5.41) is 0. The number of nitrogens with two attached hydrogens (primary N) is 1. The number of rotatable bonds is 5. The maximum atomic E-state index is 6.30. The molecule has 19 heavy (non-hydrogen) atoms. The number of nitrogens with zero attached hydrogens (tertiary/aromatic N) is 1. The number of pyridine rings is 1. The Labute approximate surface area is 114 Å². The number of hydrogen-bond donors (Lipinski definition) is 1. The fourth-order valence-electron chi connectivity index (χ4n) is 2.17. The molecule has 1 atom stereocenters. The van der Waals surface area contributed by atoms with Crippen LogP contribution in [0.3, 0.4) is 0 Å². The molecule has 1 aromatic heterocycles. The third-order valence-corrected chi connectivity index (χ3v) is 3.21. The van der Waals surface area contributed by atoms with Gasteiger partial charge >= 0.3 is 0 Å². The van der Waals surface area contributed by atoms with Crippen LogP contribution in [-0.2, 0) is 6.42 Å². The van der Waals surface area contributed by atoms with Gasteiger partial charge in [0.1, 0.15) is 0 Å². The van der Waals surface area contributed by atoms with E-state index in [9.17, 15) is 0 Å². The highest BCUT2D eigenvalue weighted by Gasteiger charge is 2.14. The molecule has 0 spiro atoms. The van der Waals surface area contributed by atoms with Crippen LogP contribution >= 0.6 is 0 Å². The van der Waals surface area contributed by atoms with E-state index in [1.165, 1.54) is 5.56 Å². The van der Waals surface area contributed by atoms with E-state index in [4.69, 9.17) is 10.5 Å². The Hall–Kier alpha value is -1.87. The van der Waals surface area contributed by atoms with Crippen LogP contribution in [0.5, 0.6) is 5.88 Å². The Bertz CT molecular complexity index is 523. The molecule has 0 aliphatic heterocycles. The van der Waals surface area contributed by atoms with Gasteiger partial charge in [0, 0.05) is 11.8 Å². The summed E-state index contributed by atoms with van der Waals surface area (Å²) < 4.78 is 5.26. The zero-order valence-electron chi connectivity index (χ0n) is 11.5. The molecule has 2 rings (SSSR count). The van der Waals surface area contributed by atoms with Crippen LogP contribution in [0, 0.1) is 0 Å². The Morgan fingerprint density at radius 2 is 1.95 bits per heavy atom. The summed E-state index contributed by atoms with van der Waals surface area (Å²) >= 11 is 0. The maximum absolute atomic E-state index is 6.30. The maximum Gasteiger partial charge on any atom is 0.218 e. The highest BCUT2D eigenvalue weighted by Crippen LogP contribution is 2.26. The Morgan fingerprint density at radius 1 is 1.21 bits per heavy atom. The molecule has 0 aliphatic carbocycles. The summed E-state index contributed by atoms with van der Waals surface area (Å²) in [7, 11) is 1.61. The lowest BCUT2D eigenvalue weighted by Crippen LogP contribution is -2.13. The summed E-state index contributed by atoms with van der Waals surface area (Å²) in [5.41, 5.74) is 9.63. The number of aromatic nitrogens is 1. The van der Waals surface area contributed by atoms with Crippen molar-refractivity contribution >= 4 is 0 Å². The van der Waals surface area contributed by atoms with Crippen molar-refractivity contribution in [1.29, 1.82) is 0 Å². The minimum absolute atomic E-state index is 0.209.